The highest BCUT2D eigenvalue weighted by atomic mass is 127. The number of hydrogen-bond acceptors (Lipinski definition) is 0. The first kappa shape index (κ1) is 8.46. The second-order valence-electron chi connectivity index (χ2n) is 1.87. The summed E-state index contributed by atoms with van der Waals surface area (Å²) in [5, 5.41) is 0. The van der Waals surface area contributed by atoms with Crippen molar-refractivity contribution in [1.82, 2.24) is 0 Å². The molecule has 0 aliphatic heterocycles. The normalized spacial score (nSPS) is 9.90. The van der Waals surface area contributed by atoms with Crippen LogP contribution < -0.4 is 0 Å². The average Bonchev–Trinajstić information content (AvgIpc) is 1.94. The zero-order valence-corrected chi connectivity index (χ0v) is 8.82. The standard InChI is InChI=1S/C7H5BrFI/c8-7-2-1-6(9)3-5(7)4-10/h1-3H,4H2. The quantitative estimate of drug-likeness (QED) is 0.549. The van der Waals surface area contributed by atoms with Crippen molar-refractivity contribution < 1.29 is 4.39 Å². The van der Waals surface area contributed by atoms with Crippen molar-refractivity contribution in [3.8, 4) is 0 Å². The zero-order valence-electron chi connectivity index (χ0n) is 5.07. The third-order valence-electron chi connectivity index (χ3n) is 1.15. The van der Waals surface area contributed by atoms with Crippen LogP contribution in [0.3, 0.4) is 0 Å². The fraction of sp³-hybridized carbons (Fsp3) is 0.143. The smallest absolute Gasteiger partial charge is 0.123 e. The molecule has 0 radical (unpaired) electrons. The molecule has 0 spiro atoms. The molecule has 0 N–H and O–H groups in total. The summed E-state index contributed by atoms with van der Waals surface area (Å²) in [5.41, 5.74) is 1.00. The Hall–Kier alpha value is 0.360. The molecule has 0 heterocycles. The lowest BCUT2D eigenvalue weighted by Gasteiger charge is -1.97. The summed E-state index contributed by atoms with van der Waals surface area (Å²) in [6, 6.07) is 4.71. The molecule has 0 bridgehead atoms. The van der Waals surface area contributed by atoms with Gasteiger partial charge in [-0.2, -0.15) is 0 Å². The van der Waals surface area contributed by atoms with Gasteiger partial charge in [-0.25, -0.2) is 4.39 Å². The van der Waals surface area contributed by atoms with Crippen molar-refractivity contribution in [3.63, 3.8) is 0 Å². The monoisotopic (exact) mass is 314 g/mol. The molecule has 0 fully saturated rings. The fourth-order valence-electron chi connectivity index (χ4n) is 0.646. The molecule has 54 valence electrons. The second kappa shape index (κ2) is 3.67. The molecule has 0 amide bonds. The molecule has 0 aliphatic carbocycles. The Morgan fingerprint density at radius 2 is 2.20 bits per heavy atom. The SMILES string of the molecule is Fc1ccc(Br)c(CI)c1. The first-order valence-corrected chi connectivity index (χ1v) is 5.06. The Morgan fingerprint density at radius 1 is 1.50 bits per heavy atom. The maximum atomic E-state index is 12.5. The van der Waals surface area contributed by atoms with Crippen LogP contribution in [-0.4, -0.2) is 0 Å². The predicted octanol–water partition coefficient (Wildman–Crippen LogP) is 3.52. The minimum atomic E-state index is -0.171. The molecule has 1 aromatic carbocycles. The number of rotatable bonds is 1. The van der Waals surface area contributed by atoms with E-state index in [1.54, 1.807) is 6.07 Å². The summed E-state index contributed by atoms with van der Waals surface area (Å²) in [6.45, 7) is 0. The van der Waals surface area contributed by atoms with Crippen molar-refractivity contribution in [3.05, 3.63) is 34.1 Å². The third kappa shape index (κ3) is 1.92. The van der Waals surface area contributed by atoms with E-state index in [0.29, 0.717) is 0 Å². The van der Waals surface area contributed by atoms with Crippen molar-refractivity contribution in [2.45, 2.75) is 4.43 Å². The summed E-state index contributed by atoms with van der Waals surface area (Å²) in [4.78, 5) is 0. The number of hydrogen-bond donors (Lipinski definition) is 0. The first-order valence-electron chi connectivity index (χ1n) is 2.74. The Kier molecular flexibility index (Phi) is 3.10. The Bertz CT molecular complexity index is 237. The average molecular weight is 315 g/mol. The van der Waals surface area contributed by atoms with Crippen molar-refractivity contribution >= 4 is 38.5 Å². The Labute approximate surface area is 81.1 Å². The van der Waals surface area contributed by atoms with Gasteiger partial charge in [0.2, 0.25) is 0 Å². The van der Waals surface area contributed by atoms with Gasteiger partial charge in [-0.15, -0.1) is 0 Å². The van der Waals surface area contributed by atoms with Gasteiger partial charge in [-0.1, -0.05) is 38.5 Å². The molecule has 0 saturated carbocycles. The lowest BCUT2D eigenvalue weighted by Crippen LogP contribution is -1.81. The summed E-state index contributed by atoms with van der Waals surface area (Å²) < 4.78 is 14.3. The Balaban J connectivity index is 3.09. The van der Waals surface area contributed by atoms with Gasteiger partial charge < -0.3 is 0 Å². The van der Waals surface area contributed by atoms with Crippen LogP contribution in [0.5, 0.6) is 0 Å². The van der Waals surface area contributed by atoms with E-state index >= 15 is 0 Å². The van der Waals surface area contributed by atoms with Crippen molar-refractivity contribution in [2.75, 3.05) is 0 Å². The number of benzene rings is 1. The highest BCUT2D eigenvalue weighted by Crippen LogP contribution is 2.19. The lowest BCUT2D eigenvalue weighted by atomic mass is 10.2. The molecule has 1 aromatic rings. The van der Waals surface area contributed by atoms with Gasteiger partial charge in [-0.05, 0) is 23.8 Å². The van der Waals surface area contributed by atoms with E-state index in [1.807, 2.05) is 0 Å². The molecule has 0 aromatic heterocycles. The number of alkyl halides is 1. The summed E-state index contributed by atoms with van der Waals surface area (Å²) in [5.74, 6) is -0.171. The zero-order chi connectivity index (χ0) is 7.56. The molecule has 0 saturated heterocycles. The van der Waals surface area contributed by atoms with Gasteiger partial charge in [-0.3, -0.25) is 0 Å². The van der Waals surface area contributed by atoms with Crippen LogP contribution in [0.25, 0.3) is 0 Å². The van der Waals surface area contributed by atoms with Crippen LogP contribution in [0, 0.1) is 5.82 Å². The molecule has 0 aliphatic rings. The van der Waals surface area contributed by atoms with Gasteiger partial charge in [0.1, 0.15) is 5.82 Å². The highest BCUT2D eigenvalue weighted by Gasteiger charge is 1.98. The maximum absolute atomic E-state index is 12.5. The van der Waals surface area contributed by atoms with Gasteiger partial charge in [0.15, 0.2) is 0 Å². The van der Waals surface area contributed by atoms with E-state index in [1.165, 1.54) is 12.1 Å². The van der Waals surface area contributed by atoms with Gasteiger partial charge in [0, 0.05) is 8.90 Å². The first-order chi connectivity index (χ1) is 4.74. The van der Waals surface area contributed by atoms with Crippen LogP contribution >= 0.6 is 38.5 Å². The summed E-state index contributed by atoms with van der Waals surface area (Å²) >= 11 is 5.52. The van der Waals surface area contributed by atoms with E-state index in [9.17, 15) is 4.39 Å². The molecule has 0 nitrogen and oxygen atoms in total. The van der Waals surface area contributed by atoms with Crippen LogP contribution in [0.4, 0.5) is 4.39 Å². The van der Waals surface area contributed by atoms with Crippen LogP contribution in [-0.2, 0) is 4.43 Å². The minimum Gasteiger partial charge on any atom is -0.207 e. The lowest BCUT2D eigenvalue weighted by molar-refractivity contribution is 0.626. The molecule has 0 atom stereocenters. The van der Waals surface area contributed by atoms with Gasteiger partial charge >= 0.3 is 0 Å². The second-order valence-corrected chi connectivity index (χ2v) is 3.49. The fourth-order valence-corrected chi connectivity index (χ4v) is 2.19. The topological polar surface area (TPSA) is 0 Å². The van der Waals surface area contributed by atoms with Crippen LogP contribution in [0.2, 0.25) is 0 Å². The van der Waals surface area contributed by atoms with Gasteiger partial charge in [0.25, 0.3) is 0 Å². The molecule has 1 rings (SSSR count). The number of halogens is 3. The highest BCUT2D eigenvalue weighted by molar-refractivity contribution is 14.1. The third-order valence-corrected chi connectivity index (χ3v) is 2.75. The molecular weight excluding hydrogens is 310 g/mol. The molecule has 10 heavy (non-hydrogen) atoms. The van der Waals surface area contributed by atoms with Crippen molar-refractivity contribution in [1.29, 1.82) is 0 Å². The van der Waals surface area contributed by atoms with E-state index < -0.39 is 0 Å². The van der Waals surface area contributed by atoms with E-state index in [4.69, 9.17) is 0 Å². The molecule has 3 heteroatoms. The van der Waals surface area contributed by atoms with E-state index in [2.05, 4.69) is 38.5 Å². The van der Waals surface area contributed by atoms with Crippen LogP contribution in [0.1, 0.15) is 5.56 Å². The maximum Gasteiger partial charge on any atom is 0.123 e. The largest absolute Gasteiger partial charge is 0.207 e. The van der Waals surface area contributed by atoms with Gasteiger partial charge in [0.05, 0.1) is 0 Å². The molecular formula is C7H5BrFI. The van der Waals surface area contributed by atoms with Crippen molar-refractivity contribution in [2.24, 2.45) is 0 Å². The van der Waals surface area contributed by atoms with Crippen LogP contribution in [0.15, 0.2) is 22.7 Å². The molecule has 0 unspecified atom stereocenters. The Morgan fingerprint density at radius 3 is 2.70 bits per heavy atom. The summed E-state index contributed by atoms with van der Waals surface area (Å²) in [7, 11) is 0. The van der Waals surface area contributed by atoms with E-state index in [0.717, 1.165) is 14.5 Å². The minimum absolute atomic E-state index is 0.171. The van der Waals surface area contributed by atoms with E-state index in [-0.39, 0.29) is 5.82 Å². The summed E-state index contributed by atoms with van der Waals surface area (Å²) in [6.07, 6.45) is 0. The predicted molar refractivity (Wildman–Crippen MR) is 51.8 cm³/mol.